The molecule has 0 saturated carbocycles. The van der Waals surface area contributed by atoms with Gasteiger partial charge in [-0.1, -0.05) is 65.8 Å². The number of phenols is 1. The lowest BCUT2D eigenvalue weighted by Crippen LogP contribution is -2.21. The highest BCUT2D eigenvalue weighted by Crippen LogP contribution is 2.39. The van der Waals surface area contributed by atoms with E-state index in [1.165, 1.54) is 28.8 Å². The van der Waals surface area contributed by atoms with Gasteiger partial charge in [-0.3, -0.25) is 0 Å². The zero-order chi connectivity index (χ0) is 21.1. The van der Waals surface area contributed by atoms with Crippen LogP contribution in [0.25, 0.3) is 0 Å². The van der Waals surface area contributed by atoms with Gasteiger partial charge in [-0.25, -0.2) is 4.79 Å². The van der Waals surface area contributed by atoms with Crippen molar-refractivity contribution >= 4 is 5.97 Å². The van der Waals surface area contributed by atoms with Gasteiger partial charge < -0.3 is 14.9 Å². The third kappa shape index (κ3) is 5.16. The molecule has 0 bridgehead atoms. The first kappa shape index (κ1) is 21.5. The van der Waals surface area contributed by atoms with Gasteiger partial charge in [0.05, 0.1) is 6.26 Å². The van der Waals surface area contributed by atoms with Crippen LogP contribution < -0.4 is 4.74 Å². The first-order chi connectivity index (χ1) is 12.9. The molecule has 0 atom stereocenters. The Hall–Kier alpha value is -2.75. The maximum absolute atomic E-state index is 10.3. The topological polar surface area (TPSA) is 66.8 Å². The fourth-order valence-electron chi connectivity index (χ4n) is 3.02. The number of hydrogen-bond donors (Lipinski definition) is 2. The Balaban J connectivity index is 0.000000237. The van der Waals surface area contributed by atoms with E-state index in [0.717, 1.165) is 12.2 Å². The number of carbonyl (C=O) groups is 1. The maximum atomic E-state index is 10.3. The standard InChI is InChI=1S/C17H24O.C7H6O3/c1-16(2,3)12-10-13-14(17(4,5)6)8-7-9-15(13)18-11-12;8-6-4-2-1-3-5(6)7(9)10/h7-9,11H,10H2,1-6H3;1-4,8H,(H,9,10). The fourth-order valence-corrected chi connectivity index (χ4v) is 3.02. The summed E-state index contributed by atoms with van der Waals surface area (Å²) in [4.78, 5) is 10.3. The number of para-hydroxylation sites is 1. The highest BCUT2D eigenvalue weighted by atomic mass is 16.5. The van der Waals surface area contributed by atoms with Crippen LogP contribution in [0.15, 0.2) is 54.3 Å². The number of carboxylic acids is 1. The molecule has 150 valence electrons. The molecule has 2 N–H and O–H groups in total. The van der Waals surface area contributed by atoms with Crippen LogP contribution in [-0.2, 0) is 11.8 Å². The number of carboxylic acid groups (broad SMARTS) is 1. The van der Waals surface area contributed by atoms with E-state index >= 15 is 0 Å². The minimum Gasteiger partial charge on any atom is -0.507 e. The summed E-state index contributed by atoms with van der Waals surface area (Å²) in [7, 11) is 0. The predicted octanol–water partition coefficient (Wildman–Crippen LogP) is 5.94. The third-order valence-corrected chi connectivity index (χ3v) is 4.73. The monoisotopic (exact) mass is 382 g/mol. The van der Waals surface area contributed by atoms with Crippen LogP contribution in [0.5, 0.6) is 11.5 Å². The number of benzene rings is 2. The summed E-state index contributed by atoms with van der Waals surface area (Å²) in [6.45, 7) is 13.5. The van der Waals surface area contributed by atoms with Crippen molar-refractivity contribution in [1.29, 1.82) is 0 Å². The number of aromatic hydroxyl groups is 1. The normalized spacial score (nSPS) is 13.4. The van der Waals surface area contributed by atoms with Crippen molar-refractivity contribution in [2.24, 2.45) is 5.41 Å². The van der Waals surface area contributed by atoms with E-state index in [1.807, 2.05) is 6.26 Å². The number of aromatic carboxylic acids is 1. The maximum Gasteiger partial charge on any atom is 0.339 e. The molecule has 2 aromatic rings. The Labute approximate surface area is 167 Å². The summed E-state index contributed by atoms with van der Waals surface area (Å²) < 4.78 is 5.84. The lowest BCUT2D eigenvalue weighted by molar-refractivity contribution is 0.0693. The first-order valence-corrected chi connectivity index (χ1v) is 9.41. The summed E-state index contributed by atoms with van der Waals surface area (Å²) in [6.07, 6.45) is 2.95. The molecule has 0 aliphatic carbocycles. The van der Waals surface area contributed by atoms with Crippen LogP contribution >= 0.6 is 0 Å². The van der Waals surface area contributed by atoms with E-state index < -0.39 is 5.97 Å². The van der Waals surface area contributed by atoms with Crippen LogP contribution in [0.3, 0.4) is 0 Å². The van der Waals surface area contributed by atoms with Gasteiger partial charge >= 0.3 is 5.97 Å². The van der Waals surface area contributed by atoms with Crippen molar-refractivity contribution in [3.8, 4) is 11.5 Å². The van der Waals surface area contributed by atoms with Gasteiger partial charge in [0, 0.05) is 12.0 Å². The van der Waals surface area contributed by atoms with Crippen LogP contribution in [0.2, 0.25) is 0 Å². The van der Waals surface area contributed by atoms with Gasteiger partial charge in [0.2, 0.25) is 0 Å². The minimum absolute atomic E-state index is 0.0671. The largest absolute Gasteiger partial charge is 0.507 e. The number of allylic oxidation sites excluding steroid dienone is 1. The van der Waals surface area contributed by atoms with E-state index in [-0.39, 0.29) is 22.1 Å². The fraction of sp³-hybridized carbons (Fsp3) is 0.375. The van der Waals surface area contributed by atoms with Crippen molar-refractivity contribution in [1.82, 2.24) is 0 Å². The van der Waals surface area contributed by atoms with Gasteiger partial charge in [-0.15, -0.1) is 0 Å². The summed E-state index contributed by atoms with van der Waals surface area (Å²) in [5.41, 5.74) is 4.39. The zero-order valence-corrected chi connectivity index (χ0v) is 17.5. The van der Waals surface area contributed by atoms with Crippen LogP contribution in [0.1, 0.15) is 63.0 Å². The van der Waals surface area contributed by atoms with E-state index in [4.69, 9.17) is 14.9 Å². The molecule has 0 radical (unpaired) electrons. The van der Waals surface area contributed by atoms with Crippen LogP contribution in [0, 0.1) is 5.41 Å². The summed E-state index contributed by atoms with van der Waals surface area (Å²) in [6, 6.07) is 12.2. The molecule has 1 heterocycles. The van der Waals surface area contributed by atoms with Crippen molar-refractivity contribution in [2.45, 2.75) is 53.4 Å². The molecule has 4 nitrogen and oxygen atoms in total. The molecule has 1 aliphatic rings. The Morgan fingerprint density at radius 1 is 0.929 bits per heavy atom. The molecule has 0 fully saturated rings. The average molecular weight is 383 g/mol. The lowest BCUT2D eigenvalue weighted by atomic mass is 9.77. The molecule has 0 amide bonds. The molecule has 0 spiro atoms. The van der Waals surface area contributed by atoms with Crippen LogP contribution in [-0.4, -0.2) is 16.2 Å². The first-order valence-electron chi connectivity index (χ1n) is 9.41. The molecule has 28 heavy (non-hydrogen) atoms. The average Bonchev–Trinajstić information content (AvgIpc) is 2.60. The molecule has 0 saturated heterocycles. The quantitative estimate of drug-likeness (QED) is 0.640. The molecule has 0 unspecified atom stereocenters. The van der Waals surface area contributed by atoms with E-state index in [9.17, 15) is 4.79 Å². The van der Waals surface area contributed by atoms with Crippen molar-refractivity contribution in [3.05, 3.63) is 71.0 Å². The van der Waals surface area contributed by atoms with E-state index in [2.05, 4.69) is 59.7 Å². The van der Waals surface area contributed by atoms with Crippen molar-refractivity contribution in [2.75, 3.05) is 0 Å². The lowest BCUT2D eigenvalue weighted by Gasteiger charge is -2.31. The van der Waals surface area contributed by atoms with Crippen LogP contribution in [0.4, 0.5) is 0 Å². The number of rotatable bonds is 1. The second-order valence-corrected chi connectivity index (χ2v) is 9.04. The van der Waals surface area contributed by atoms with Gasteiger partial charge in [0.1, 0.15) is 17.1 Å². The Bertz CT molecular complexity index is 880. The Morgan fingerprint density at radius 2 is 1.57 bits per heavy atom. The van der Waals surface area contributed by atoms with E-state index in [1.54, 1.807) is 12.1 Å². The predicted molar refractivity (Wildman–Crippen MR) is 112 cm³/mol. The SMILES string of the molecule is CC(C)(C)C1=COc2cccc(C(C)(C)C)c2C1.O=C(O)c1ccccc1O. The second kappa shape index (κ2) is 8.09. The Morgan fingerprint density at radius 3 is 2.07 bits per heavy atom. The molecular weight excluding hydrogens is 352 g/mol. The van der Waals surface area contributed by atoms with Gasteiger partial charge in [-0.2, -0.15) is 0 Å². The molecule has 3 rings (SSSR count). The second-order valence-electron chi connectivity index (χ2n) is 9.04. The summed E-state index contributed by atoms with van der Waals surface area (Å²) >= 11 is 0. The van der Waals surface area contributed by atoms with Gasteiger partial charge in [0.15, 0.2) is 0 Å². The number of ether oxygens (including phenoxy) is 1. The molecular formula is C24H30O4. The summed E-state index contributed by atoms with van der Waals surface area (Å²) in [5.74, 6) is -0.288. The summed E-state index contributed by atoms with van der Waals surface area (Å²) in [5, 5.41) is 17.3. The van der Waals surface area contributed by atoms with Crippen molar-refractivity contribution in [3.63, 3.8) is 0 Å². The van der Waals surface area contributed by atoms with Gasteiger partial charge in [0.25, 0.3) is 0 Å². The molecule has 2 aromatic carbocycles. The highest BCUT2D eigenvalue weighted by Gasteiger charge is 2.27. The third-order valence-electron chi connectivity index (χ3n) is 4.73. The molecule has 4 heteroatoms. The highest BCUT2D eigenvalue weighted by molar-refractivity contribution is 5.90. The smallest absolute Gasteiger partial charge is 0.339 e. The van der Waals surface area contributed by atoms with Crippen molar-refractivity contribution < 1.29 is 19.7 Å². The zero-order valence-electron chi connectivity index (χ0n) is 17.5. The van der Waals surface area contributed by atoms with Gasteiger partial charge in [-0.05, 0) is 40.2 Å². The minimum atomic E-state index is -1.11. The number of fused-ring (bicyclic) bond motifs is 1. The Kier molecular flexibility index (Phi) is 6.23. The van der Waals surface area contributed by atoms with E-state index in [0.29, 0.717) is 0 Å². The molecule has 0 aromatic heterocycles. The molecule has 1 aliphatic heterocycles. The number of hydrogen-bond acceptors (Lipinski definition) is 3.